The average molecular weight is 302 g/mol. The normalized spacial score (nSPS) is 10.3. The second-order valence-corrected chi connectivity index (χ2v) is 5.39. The van der Waals surface area contributed by atoms with Gasteiger partial charge in [0.2, 0.25) is 0 Å². The number of nitrogen functional groups attached to an aromatic ring is 1. The Morgan fingerprint density at radius 3 is 2.89 bits per heavy atom. The zero-order valence-electron chi connectivity index (χ0n) is 9.11. The topological polar surface area (TPSA) is 68.0 Å². The number of aromatic nitrogens is 1. The Morgan fingerprint density at radius 2 is 2.22 bits per heavy atom. The summed E-state index contributed by atoms with van der Waals surface area (Å²) in [7, 11) is 0. The van der Waals surface area contributed by atoms with Crippen LogP contribution in [0.2, 0.25) is 10.0 Å². The van der Waals surface area contributed by atoms with Crippen LogP contribution in [0.15, 0.2) is 24.4 Å². The van der Waals surface area contributed by atoms with Crippen molar-refractivity contribution in [3.63, 3.8) is 0 Å². The summed E-state index contributed by atoms with van der Waals surface area (Å²) in [5.41, 5.74) is 6.22. The summed E-state index contributed by atoms with van der Waals surface area (Å²) in [6.07, 6.45) is 1.44. The van der Waals surface area contributed by atoms with Crippen molar-refractivity contribution in [2.24, 2.45) is 0 Å². The monoisotopic (exact) mass is 301 g/mol. The third-order valence-electron chi connectivity index (χ3n) is 2.19. The number of hydrogen-bond donors (Lipinski definition) is 2. The van der Waals surface area contributed by atoms with Crippen molar-refractivity contribution in [1.29, 1.82) is 0 Å². The number of nitrogens with two attached hydrogens (primary N) is 1. The van der Waals surface area contributed by atoms with Gasteiger partial charge in [-0.15, -0.1) is 0 Å². The highest BCUT2D eigenvalue weighted by Gasteiger charge is 2.10. The van der Waals surface area contributed by atoms with Crippen LogP contribution in [0, 0.1) is 0 Å². The first-order valence-electron chi connectivity index (χ1n) is 4.99. The quantitative estimate of drug-likeness (QED) is 0.916. The zero-order valence-corrected chi connectivity index (χ0v) is 11.4. The second-order valence-electron chi connectivity index (χ2n) is 3.48. The molecule has 0 atom stereocenters. The van der Waals surface area contributed by atoms with Crippen LogP contribution < -0.4 is 11.1 Å². The molecule has 0 saturated carbocycles. The highest BCUT2D eigenvalue weighted by atomic mass is 35.5. The summed E-state index contributed by atoms with van der Waals surface area (Å²) < 4.78 is 0. The Bertz CT molecular complexity index is 585. The van der Waals surface area contributed by atoms with Crippen molar-refractivity contribution in [1.82, 2.24) is 10.3 Å². The minimum atomic E-state index is -0.236. The smallest absolute Gasteiger partial charge is 0.263 e. The summed E-state index contributed by atoms with van der Waals surface area (Å²) >= 11 is 13.0. The van der Waals surface area contributed by atoms with Gasteiger partial charge in [-0.3, -0.25) is 4.79 Å². The average Bonchev–Trinajstić information content (AvgIpc) is 2.77. The minimum Gasteiger partial charge on any atom is -0.375 e. The van der Waals surface area contributed by atoms with Crippen molar-refractivity contribution in [3.8, 4) is 0 Å². The van der Waals surface area contributed by atoms with Gasteiger partial charge in [-0.1, -0.05) is 34.5 Å². The van der Waals surface area contributed by atoms with Gasteiger partial charge < -0.3 is 11.1 Å². The molecule has 4 nitrogen and oxygen atoms in total. The number of anilines is 1. The third kappa shape index (κ3) is 3.13. The van der Waals surface area contributed by atoms with E-state index in [4.69, 9.17) is 28.9 Å². The van der Waals surface area contributed by atoms with Crippen LogP contribution in [-0.2, 0) is 6.54 Å². The molecule has 1 heterocycles. The number of rotatable bonds is 3. The first-order valence-corrected chi connectivity index (χ1v) is 6.57. The molecule has 0 bridgehead atoms. The molecule has 18 heavy (non-hydrogen) atoms. The van der Waals surface area contributed by atoms with Crippen LogP contribution in [0.3, 0.4) is 0 Å². The summed E-state index contributed by atoms with van der Waals surface area (Å²) in [4.78, 5) is 16.0. The molecule has 1 aromatic heterocycles. The fraction of sp³-hybridized carbons (Fsp3) is 0.0909. The van der Waals surface area contributed by atoms with Gasteiger partial charge in [-0.25, -0.2) is 4.98 Å². The summed E-state index contributed by atoms with van der Waals surface area (Å²) in [5.74, 6) is -0.236. The fourth-order valence-electron chi connectivity index (χ4n) is 1.33. The maximum Gasteiger partial charge on any atom is 0.263 e. The molecule has 0 unspecified atom stereocenters. The molecule has 0 aliphatic rings. The summed E-state index contributed by atoms with van der Waals surface area (Å²) in [6, 6.07) is 5.10. The standard InChI is InChI=1S/C11H9Cl2N3OS/c12-7-1-2-8(13)6(3-7)4-15-10(17)9-5-16-11(14)18-9/h1-3,5H,4H2,(H2,14,16)(H,15,17). The molecular weight excluding hydrogens is 293 g/mol. The molecule has 0 fully saturated rings. The third-order valence-corrected chi connectivity index (χ3v) is 3.62. The van der Waals surface area contributed by atoms with Crippen molar-refractivity contribution in [2.75, 3.05) is 5.73 Å². The SMILES string of the molecule is Nc1ncc(C(=O)NCc2cc(Cl)ccc2Cl)s1. The summed E-state index contributed by atoms with van der Waals surface area (Å²) in [6.45, 7) is 0.302. The van der Waals surface area contributed by atoms with Crippen molar-refractivity contribution in [2.45, 2.75) is 6.54 Å². The first kappa shape index (κ1) is 13.1. The molecule has 1 aromatic carbocycles. The lowest BCUT2D eigenvalue weighted by Gasteiger charge is -2.06. The fourth-order valence-corrected chi connectivity index (χ4v) is 2.31. The molecule has 3 N–H and O–H groups in total. The number of hydrogen-bond acceptors (Lipinski definition) is 4. The van der Waals surface area contributed by atoms with E-state index in [0.717, 1.165) is 16.9 Å². The van der Waals surface area contributed by atoms with E-state index in [2.05, 4.69) is 10.3 Å². The zero-order chi connectivity index (χ0) is 13.1. The van der Waals surface area contributed by atoms with Gasteiger partial charge in [0.05, 0.1) is 6.20 Å². The van der Waals surface area contributed by atoms with Gasteiger partial charge in [0, 0.05) is 16.6 Å². The van der Waals surface area contributed by atoms with E-state index in [1.165, 1.54) is 6.20 Å². The molecular formula is C11H9Cl2N3OS. The van der Waals surface area contributed by atoms with E-state index < -0.39 is 0 Å². The molecule has 2 rings (SSSR count). The highest BCUT2D eigenvalue weighted by Crippen LogP contribution is 2.21. The molecule has 0 spiro atoms. The van der Waals surface area contributed by atoms with Crippen molar-refractivity contribution < 1.29 is 4.79 Å². The van der Waals surface area contributed by atoms with E-state index >= 15 is 0 Å². The predicted molar refractivity (Wildman–Crippen MR) is 74.2 cm³/mol. The molecule has 94 valence electrons. The van der Waals surface area contributed by atoms with Gasteiger partial charge in [-0.05, 0) is 23.8 Å². The number of carbonyl (C=O) groups excluding carboxylic acids is 1. The van der Waals surface area contributed by atoms with Crippen LogP contribution in [-0.4, -0.2) is 10.9 Å². The number of amides is 1. The first-order chi connectivity index (χ1) is 8.56. The number of halogens is 2. The van der Waals surface area contributed by atoms with Crippen molar-refractivity contribution in [3.05, 3.63) is 44.9 Å². The number of benzene rings is 1. The minimum absolute atomic E-state index is 0.236. The highest BCUT2D eigenvalue weighted by molar-refractivity contribution is 7.17. The van der Waals surface area contributed by atoms with Crippen LogP contribution in [0.25, 0.3) is 0 Å². The van der Waals surface area contributed by atoms with E-state index in [0.29, 0.717) is 26.6 Å². The van der Waals surface area contributed by atoms with E-state index in [-0.39, 0.29) is 5.91 Å². The molecule has 0 radical (unpaired) electrons. The van der Waals surface area contributed by atoms with Crippen LogP contribution >= 0.6 is 34.5 Å². The molecule has 1 amide bonds. The van der Waals surface area contributed by atoms with Gasteiger partial charge >= 0.3 is 0 Å². The lowest BCUT2D eigenvalue weighted by Crippen LogP contribution is -2.21. The van der Waals surface area contributed by atoms with Gasteiger partial charge in [0.25, 0.3) is 5.91 Å². The number of thiazole rings is 1. The number of nitrogens with zero attached hydrogens (tertiary/aromatic N) is 1. The largest absolute Gasteiger partial charge is 0.375 e. The van der Waals surface area contributed by atoms with Gasteiger partial charge in [0.15, 0.2) is 5.13 Å². The van der Waals surface area contributed by atoms with Crippen LogP contribution in [0.5, 0.6) is 0 Å². The second kappa shape index (κ2) is 5.56. The number of nitrogens with one attached hydrogen (secondary N) is 1. The Labute approximate surface area is 118 Å². The lowest BCUT2D eigenvalue weighted by atomic mass is 10.2. The maximum atomic E-state index is 11.8. The Balaban J connectivity index is 2.03. The number of carbonyl (C=O) groups is 1. The Morgan fingerprint density at radius 1 is 1.44 bits per heavy atom. The van der Waals surface area contributed by atoms with E-state index in [9.17, 15) is 4.79 Å². The van der Waals surface area contributed by atoms with Crippen molar-refractivity contribution >= 4 is 45.6 Å². The lowest BCUT2D eigenvalue weighted by molar-refractivity contribution is 0.0955. The molecule has 2 aromatic rings. The van der Waals surface area contributed by atoms with E-state index in [1.54, 1.807) is 18.2 Å². The van der Waals surface area contributed by atoms with Gasteiger partial charge in [0.1, 0.15) is 4.88 Å². The molecule has 7 heteroatoms. The van der Waals surface area contributed by atoms with Crippen LogP contribution in [0.4, 0.5) is 5.13 Å². The molecule has 0 aliphatic heterocycles. The molecule has 0 aliphatic carbocycles. The van der Waals surface area contributed by atoms with E-state index in [1.807, 2.05) is 0 Å². The molecule has 0 saturated heterocycles. The van der Waals surface area contributed by atoms with Crippen LogP contribution in [0.1, 0.15) is 15.2 Å². The Hall–Kier alpha value is -1.30. The maximum absolute atomic E-state index is 11.8. The summed E-state index contributed by atoms with van der Waals surface area (Å²) in [5, 5.41) is 4.22. The van der Waals surface area contributed by atoms with Gasteiger partial charge in [-0.2, -0.15) is 0 Å². The predicted octanol–water partition coefficient (Wildman–Crippen LogP) is 2.96. The Kier molecular flexibility index (Phi) is 4.06.